The van der Waals surface area contributed by atoms with E-state index in [1.807, 2.05) is 30.3 Å². The minimum absolute atomic E-state index is 0.168. The summed E-state index contributed by atoms with van der Waals surface area (Å²) >= 11 is 3.25. The Kier molecular flexibility index (Phi) is 6.60. The van der Waals surface area contributed by atoms with E-state index in [0.29, 0.717) is 39.8 Å². The SMILES string of the molecule is COc1cc(OC)cc(C2=NN(C(=O)c3ccc(Br)o3)[C@@H](c3cccc(OC)c3OC)C2)c1. The maximum absolute atomic E-state index is 13.4. The van der Waals surface area contributed by atoms with Crippen molar-refractivity contribution in [2.24, 2.45) is 5.10 Å². The zero-order valence-electron chi connectivity index (χ0n) is 18.6. The second-order valence-corrected chi connectivity index (χ2v) is 7.99. The van der Waals surface area contributed by atoms with E-state index in [9.17, 15) is 4.79 Å². The first kappa shape index (κ1) is 22.7. The van der Waals surface area contributed by atoms with E-state index >= 15 is 0 Å². The number of hydrogen-bond acceptors (Lipinski definition) is 7. The molecule has 1 aliphatic rings. The molecule has 2 heterocycles. The average molecular weight is 515 g/mol. The third kappa shape index (κ3) is 4.41. The van der Waals surface area contributed by atoms with Gasteiger partial charge < -0.3 is 23.4 Å². The number of amides is 1. The molecule has 0 radical (unpaired) electrons. The van der Waals surface area contributed by atoms with Crippen LogP contribution in [-0.4, -0.2) is 45.1 Å². The van der Waals surface area contributed by atoms with Crippen molar-refractivity contribution in [3.8, 4) is 23.0 Å². The van der Waals surface area contributed by atoms with Gasteiger partial charge in [0.1, 0.15) is 11.5 Å². The number of methoxy groups -OCH3 is 4. The van der Waals surface area contributed by atoms with Crippen molar-refractivity contribution < 1.29 is 28.2 Å². The lowest BCUT2D eigenvalue weighted by atomic mass is 9.97. The van der Waals surface area contributed by atoms with Gasteiger partial charge in [-0.15, -0.1) is 0 Å². The van der Waals surface area contributed by atoms with Gasteiger partial charge in [0.05, 0.1) is 40.2 Å². The summed E-state index contributed by atoms with van der Waals surface area (Å²) in [6.45, 7) is 0. The van der Waals surface area contributed by atoms with Crippen LogP contribution in [0.15, 0.2) is 62.7 Å². The van der Waals surface area contributed by atoms with Gasteiger partial charge in [-0.25, -0.2) is 5.01 Å². The topological polar surface area (TPSA) is 82.7 Å². The van der Waals surface area contributed by atoms with Crippen molar-refractivity contribution in [2.75, 3.05) is 28.4 Å². The van der Waals surface area contributed by atoms with Crippen molar-refractivity contribution in [1.29, 1.82) is 0 Å². The molecule has 1 amide bonds. The lowest BCUT2D eigenvalue weighted by Crippen LogP contribution is -2.27. The number of nitrogens with zero attached hydrogens (tertiary/aromatic N) is 2. The Bertz CT molecular complexity index is 1180. The molecule has 1 atom stereocenters. The molecule has 9 heteroatoms. The van der Waals surface area contributed by atoms with Crippen LogP contribution in [0.3, 0.4) is 0 Å². The summed E-state index contributed by atoms with van der Waals surface area (Å²) in [5.41, 5.74) is 2.25. The molecule has 4 rings (SSSR count). The Morgan fingerprint density at radius 2 is 1.73 bits per heavy atom. The summed E-state index contributed by atoms with van der Waals surface area (Å²) in [5.74, 6) is 2.16. The summed E-state index contributed by atoms with van der Waals surface area (Å²) in [6, 6.07) is 13.9. The van der Waals surface area contributed by atoms with E-state index in [1.165, 1.54) is 5.01 Å². The van der Waals surface area contributed by atoms with Gasteiger partial charge in [0.2, 0.25) is 0 Å². The van der Waals surface area contributed by atoms with Crippen LogP contribution < -0.4 is 18.9 Å². The van der Waals surface area contributed by atoms with Crippen LogP contribution in [0.25, 0.3) is 0 Å². The standard InChI is InChI=1S/C24H23BrN2O6/c1-29-15-10-14(11-16(12-15)30-2)18-13-19(17-6-5-7-20(31-3)23(17)32-4)27(26-18)24(28)21-8-9-22(25)33-21/h5-12,19H,13H2,1-4H3/t19-/m1/s1. The first-order chi connectivity index (χ1) is 16.0. The Morgan fingerprint density at radius 1 is 1.00 bits per heavy atom. The minimum Gasteiger partial charge on any atom is -0.497 e. The number of furan rings is 1. The lowest BCUT2D eigenvalue weighted by molar-refractivity contribution is 0.0675. The zero-order valence-corrected chi connectivity index (χ0v) is 20.2. The largest absolute Gasteiger partial charge is 0.497 e. The number of halogens is 1. The highest BCUT2D eigenvalue weighted by molar-refractivity contribution is 9.10. The van der Waals surface area contributed by atoms with Crippen LogP contribution in [-0.2, 0) is 0 Å². The van der Waals surface area contributed by atoms with Gasteiger partial charge in [-0.3, -0.25) is 4.79 Å². The van der Waals surface area contributed by atoms with Crippen LogP contribution in [0.5, 0.6) is 23.0 Å². The Balaban J connectivity index is 1.82. The molecule has 0 bridgehead atoms. The van der Waals surface area contributed by atoms with Gasteiger partial charge in [0.15, 0.2) is 21.9 Å². The highest BCUT2D eigenvalue weighted by Crippen LogP contribution is 2.42. The summed E-state index contributed by atoms with van der Waals surface area (Å²) in [7, 11) is 6.32. The quantitative estimate of drug-likeness (QED) is 0.437. The number of para-hydroxylation sites is 1. The molecule has 0 spiro atoms. The molecule has 1 aromatic heterocycles. The van der Waals surface area contributed by atoms with Crippen molar-refractivity contribution in [1.82, 2.24) is 5.01 Å². The fourth-order valence-electron chi connectivity index (χ4n) is 3.80. The molecule has 172 valence electrons. The number of carbonyl (C=O) groups excluding carboxylic acids is 1. The Labute approximate surface area is 199 Å². The van der Waals surface area contributed by atoms with Crippen molar-refractivity contribution in [3.63, 3.8) is 0 Å². The van der Waals surface area contributed by atoms with Crippen LogP contribution >= 0.6 is 15.9 Å². The highest BCUT2D eigenvalue weighted by Gasteiger charge is 2.37. The predicted molar refractivity (Wildman–Crippen MR) is 126 cm³/mol. The molecular weight excluding hydrogens is 492 g/mol. The summed E-state index contributed by atoms with van der Waals surface area (Å²) < 4.78 is 27.9. The predicted octanol–water partition coefficient (Wildman–Crippen LogP) is 5.07. The Morgan fingerprint density at radius 3 is 2.30 bits per heavy atom. The zero-order chi connectivity index (χ0) is 23.5. The van der Waals surface area contributed by atoms with Crippen LogP contribution in [0.1, 0.15) is 34.1 Å². The maximum Gasteiger partial charge on any atom is 0.310 e. The fourth-order valence-corrected chi connectivity index (χ4v) is 4.11. The number of rotatable bonds is 7. The van der Waals surface area contributed by atoms with Gasteiger partial charge in [-0.05, 0) is 46.3 Å². The normalized spacial score (nSPS) is 15.2. The molecule has 0 aliphatic carbocycles. The molecule has 1 aliphatic heterocycles. The molecule has 0 saturated heterocycles. The second-order valence-electron chi connectivity index (χ2n) is 7.20. The fraction of sp³-hybridized carbons (Fsp3) is 0.250. The summed E-state index contributed by atoms with van der Waals surface area (Å²) in [6.07, 6.45) is 0.438. The molecule has 0 fully saturated rings. The molecule has 0 N–H and O–H groups in total. The van der Waals surface area contributed by atoms with E-state index in [-0.39, 0.29) is 11.7 Å². The van der Waals surface area contributed by atoms with Gasteiger partial charge in [0.25, 0.3) is 0 Å². The number of carbonyl (C=O) groups is 1. The summed E-state index contributed by atoms with van der Waals surface area (Å²) in [5, 5.41) is 6.12. The van der Waals surface area contributed by atoms with E-state index < -0.39 is 6.04 Å². The first-order valence-corrected chi connectivity index (χ1v) is 10.9. The highest BCUT2D eigenvalue weighted by atomic mass is 79.9. The van der Waals surface area contributed by atoms with Gasteiger partial charge in [-0.2, -0.15) is 5.10 Å². The molecular formula is C24H23BrN2O6. The molecule has 0 unspecified atom stereocenters. The average Bonchev–Trinajstić information content (AvgIpc) is 3.49. The number of hydrogen-bond donors (Lipinski definition) is 0. The monoisotopic (exact) mass is 514 g/mol. The molecule has 3 aromatic rings. The third-order valence-electron chi connectivity index (χ3n) is 5.38. The van der Waals surface area contributed by atoms with Crippen LogP contribution in [0.4, 0.5) is 0 Å². The van der Waals surface area contributed by atoms with E-state index in [0.717, 1.165) is 11.1 Å². The smallest absolute Gasteiger partial charge is 0.310 e. The van der Waals surface area contributed by atoms with Crippen molar-refractivity contribution >= 4 is 27.5 Å². The third-order valence-corrected chi connectivity index (χ3v) is 5.81. The Hall–Kier alpha value is -3.46. The van der Waals surface area contributed by atoms with Crippen molar-refractivity contribution in [2.45, 2.75) is 12.5 Å². The lowest BCUT2D eigenvalue weighted by Gasteiger charge is -2.23. The van der Waals surface area contributed by atoms with Gasteiger partial charge in [0, 0.05) is 23.6 Å². The van der Waals surface area contributed by atoms with E-state index in [2.05, 4.69) is 15.9 Å². The second kappa shape index (κ2) is 9.58. The molecule has 0 saturated carbocycles. The number of ether oxygens (including phenoxy) is 4. The van der Waals surface area contributed by atoms with Crippen LogP contribution in [0, 0.1) is 0 Å². The summed E-state index contributed by atoms with van der Waals surface area (Å²) in [4.78, 5) is 13.4. The first-order valence-electron chi connectivity index (χ1n) is 10.1. The molecule has 33 heavy (non-hydrogen) atoms. The molecule has 8 nitrogen and oxygen atoms in total. The number of hydrazone groups is 1. The van der Waals surface area contributed by atoms with Crippen molar-refractivity contribution in [3.05, 3.63) is 70.1 Å². The maximum atomic E-state index is 13.4. The van der Waals surface area contributed by atoms with Gasteiger partial charge >= 0.3 is 5.91 Å². The van der Waals surface area contributed by atoms with Gasteiger partial charge in [-0.1, -0.05) is 12.1 Å². The van der Waals surface area contributed by atoms with E-state index in [1.54, 1.807) is 46.6 Å². The van der Waals surface area contributed by atoms with Crippen LogP contribution in [0.2, 0.25) is 0 Å². The van der Waals surface area contributed by atoms with E-state index in [4.69, 9.17) is 28.5 Å². The number of benzene rings is 2. The molecule has 2 aromatic carbocycles. The minimum atomic E-state index is -0.446.